The van der Waals surface area contributed by atoms with E-state index in [9.17, 15) is 18.0 Å². The second-order valence-corrected chi connectivity index (χ2v) is 8.95. The first-order chi connectivity index (χ1) is 14.6. The minimum absolute atomic E-state index is 0.00824. The summed E-state index contributed by atoms with van der Waals surface area (Å²) in [4.78, 5) is 32.8. The zero-order valence-corrected chi connectivity index (χ0v) is 18.0. The van der Waals surface area contributed by atoms with Crippen LogP contribution in [0.15, 0.2) is 28.7 Å². The Balaban J connectivity index is 1.79. The molecule has 0 unspecified atom stereocenters. The molecule has 2 N–H and O–H groups in total. The largest absolute Gasteiger partial charge is 0.462 e. The number of aromatic nitrogens is 2. The monoisotopic (exact) mass is 447 g/mol. The maximum absolute atomic E-state index is 12.4. The van der Waals surface area contributed by atoms with Crippen LogP contribution in [0.5, 0.6) is 0 Å². The average molecular weight is 447 g/mol. The van der Waals surface area contributed by atoms with Crippen LogP contribution in [-0.4, -0.2) is 43.2 Å². The van der Waals surface area contributed by atoms with E-state index in [0.29, 0.717) is 5.56 Å². The fraction of sp³-hybridized carbons (Fsp3) is 0.300. The summed E-state index contributed by atoms with van der Waals surface area (Å²) < 4.78 is 38.7. The number of carbonyl (C=O) groups is 2. The predicted octanol–water partition coefficient (Wildman–Crippen LogP) is 2.19. The van der Waals surface area contributed by atoms with Gasteiger partial charge >= 0.3 is 11.9 Å². The standard InChI is InChI=1S/C20H21N3O7S/c1-4-28-20(25)15-11(2)30-18-16(15)17(21)22-14(23-18)9-29-19(24)13-7-5-6-12(8-13)10-31(3,26)27/h5-8H,4,9-10H2,1-3H3,(H2,21,22,23). The molecule has 3 aromatic rings. The molecule has 0 saturated carbocycles. The highest BCUT2D eigenvalue weighted by Gasteiger charge is 2.24. The Morgan fingerprint density at radius 1 is 1.16 bits per heavy atom. The highest BCUT2D eigenvalue weighted by Crippen LogP contribution is 2.29. The normalized spacial score (nSPS) is 11.5. The van der Waals surface area contributed by atoms with E-state index in [-0.39, 0.29) is 58.6 Å². The van der Waals surface area contributed by atoms with Crippen molar-refractivity contribution >= 4 is 38.7 Å². The zero-order chi connectivity index (χ0) is 22.8. The fourth-order valence-electron chi connectivity index (χ4n) is 3.00. The van der Waals surface area contributed by atoms with Gasteiger partial charge < -0.3 is 19.6 Å². The van der Waals surface area contributed by atoms with Gasteiger partial charge in [-0.1, -0.05) is 12.1 Å². The average Bonchev–Trinajstić information content (AvgIpc) is 3.01. The maximum Gasteiger partial charge on any atom is 0.342 e. The number of nitrogens with zero attached hydrogens (tertiary/aromatic N) is 2. The lowest BCUT2D eigenvalue weighted by Gasteiger charge is -2.07. The second kappa shape index (κ2) is 8.72. The molecule has 1 aromatic carbocycles. The Morgan fingerprint density at radius 3 is 2.58 bits per heavy atom. The molecule has 31 heavy (non-hydrogen) atoms. The van der Waals surface area contributed by atoms with Gasteiger partial charge in [-0.3, -0.25) is 0 Å². The number of sulfone groups is 1. The van der Waals surface area contributed by atoms with Gasteiger partial charge in [0, 0.05) is 6.26 Å². The van der Waals surface area contributed by atoms with Crippen molar-refractivity contribution in [3.8, 4) is 0 Å². The van der Waals surface area contributed by atoms with Crippen molar-refractivity contribution in [3.05, 3.63) is 52.5 Å². The number of benzene rings is 1. The molecule has 2 aromatic heterocycles. The third-order valence-electron chi connectivity index (χ3n) is 4.21. The smallest absolute Gasteiger partial charge is 0.342 e. The number of nitrogen functional groups attached to an aromatic ring is 1. The topological polar surface area (TPSA) is 152 Å². The maximum atomic E-state index is 12.4. The van der Waals surface area contributed by atoms with Gasteiger partial charge in [-0.25, -0.2) is 23.0 Å². The number of anilines is 1. The number of aryl methyl sites for hydroxylation is 1. The molecule has 3 rings (SSSR count). The Hall–Kier alpha value is -3.47. The predicted molar refractivity (Wildman–Crippen MR) is 111 cm³/mol. The van der Waals surface area contributed by atoms with Crippen molar-refractivity contribution in [2.45, 2.75) is 26.2 Å². The van der Waals surface area contributed by atoms with Gasteiger partial charge in [0.05, 0.1) is 23.3 Å². The van der Waals surface area contributed by atoms with Crippen LogP contribution in [0.2, 0.25) is 0 Å². The number of rotatable bonds is 7. The molecule has 0 atom stereocenters. The summed E-state index contributed by atoms with van der Waals surface area (Å²) in [6.07, 6.45) is 1.11. The van der Waals surface area contributed by atoms with Crippen LogP contribution < -0.4 is 5.73 Å². The number of esters is 2. The van der Waals surface area contributed by atoms with Crippen LogP contribution in [0.3, 0.4) is 0 Å². The second-order valence-electron chi connectivity index (χ2n) is 6.81. The van der Waals surface area contributed by atoms with Gasteiger partial charge in [0.15, 0.2) is 22.3 Å². The lowest BCUT2D eigenvalue weighted by atomic mass is 10.1. The van der Waals surface area contributed by atoms with Crippen LogP contribution in [0.25, 0.3) is 11.1 Å². The SMILES string of the molecule is CCOC(=O)c1c(C)oc2nc(COC(=O)c3cccc(CS(C)(=O)=O)c3)nc(N)c12. The highest BCUT2D eigenvalue weighted by molar-refractivity contribution is 7.89. The number of hydrogen-bond donors (Lipinski definition) is 1. The third-order valence-corrected chi connectivity index (χ3v) is 5.06. The Morgan fingerprint density at radius 2 is 1.90 bits per heavy atom. The quantitative estimate of drug-likeness (QED) is 0.533. The molecule has 11 heteroatoms. The molecule has 0 aliphatic rings. The van der Waals surface area contributed by atoms with E-state index in [0.717, 1.165) is 6.26 Å². The first-order valence-electron chi connectivity index (χ1n) is 9.25. The van der Waals surface area contributed by atoms with E-state index in [1.807, 2.05) is 0 Å². The van der Waals surface area contributed by atoms with E-state index in [1.54, 1.807) is 26.0 Å². The molecule has 0 fully saturated rings. The van der Waals surface area contributed by atoms with Crippen LogP contribution in [-0.2, 0) is 31.7 Å². The zero-order valence-electron chi connectivity index (χ0n) is 17.2. The number of carbonyl (C=O) groups excluding carboxylic acids is 2. The van der Waals surface area contributed by atoms with Crippen LogP contribution >= 0.6 is 0 Å². The Bertz CT molecular complexity index is 1270. The van der Waals surface area contributed by atoms with Crippen LogP contribution in [0, 0.1) is 6.92 Å². The minimum Gasteiger partial charge on any atom is -0.462 e. The lowest BCUT2D eigenvalue weighted by Crippen LogP contribution is -2.10. The van der Waals surface area contributed by atoms with Gasteiger partial charge in [0.2, 0.25) is 5.71 Å². The number of hydrogen-bond acceptors (Lipinski definition) is 10. The Labute approximate surface area is 178 Å². The van der Waals surface area contributed by atoms with Crippen LogP contribution in [0.4, 0.5) is 5.82 Å². The van der Waals surface area contributed by atoms with Crippen molar-refractivity contribution in [3.63, 3.8) is 0 Å². The molecule has 0 bridgehead atoms. The van der Waals surface area contributed by atoms with Gasteiger partial charge in [0.1, 0.15) is 17.1 Å². The van der Waals surface area contributed by atoms with E-state index in [4.69, 9.17) is 19.6 Å². The molecule has 0 amide bonds. The highest BCUT2D eigenvalue weighted by atomic mass is 32.2. The van der Waals surface area contributed by atoms with E-state index in [1.165, 1.54) is 12.1 Å². The van der Waals surface area contributed by atoms with Gasteiger partial charge in [-0.15, -0.1) is 0 Å². The summed E-state index contributed by atoms with van der Waals surface area (Å²) in [6.45, 7) is 3.14. The molecule has 10 nitrogen and oxygen atoms in total. The van der Waals surface area contributed by atoms with Gasteiger partial charge in [-0.2, -0.15) is 4.98 Å². The lowest BCUT2D eigenvalue weighted by molar-refractivity contribution is 0.0461. The molecule has 0 radical (unpaired) electrons. The van der Waals surface area contributed by atoms with E-state index >= 15 is 0 Å². The summed E-state index contributed by atoms with van der Waals surface area (Å²) in [5, 5.41) is 0.236. The summed E-state index contributed by atoms with van der Waals surface area (Å²) in [6, 6.07) is 6.13. The van der Waals surface area contributed by atoms with Gasteiger partial charge in [-0.05, 0) is 31.5 Å². The van der Waals surface area contributed by atoms with Crippen LogP contribution in [0.1, 0.15) is 44.8 Å². The van der Waals surface area contributed by atoms with Crippen molar-refractivity contribution in [1.82, 2.24) is 9.97 Å². The fourth-order valence-corrected chi connectivity index (χ4v) is 3.79. The molecule has 0 aliphatic heterocycles. The van der Waals surface area contributed by atoms with Crippen molar-refractivity contribution in [2.24, 2.45) is 0 Å². The summed E-state index contributed by atoms with van der Waals surface area (Å²) in [5.41, 5.74) is 6.87. The molecule has 0 aliphatic carbocycles. The number of fused-ring (bicyclic) bond motifs is 1. The molecule has 0 saturated heterocycles. The first kappa shape index (κ1) is 22.2. The molecule has 164 valence electrons. The Kier molecular flexibility index (Phi) is 6.25. The number of ether oxygens (including phenoxy) is 2. The number of nitrogens with two attached hydrogens (primary N) is 1. The third kappa shape index (κ3) is 5.18. The van der Waals surface area contributed by atoms with Gasteiger partial charge in [0.25, 0.3) is 0 Å². The molecule has 0 spiro atoms. The summed E-state index contributed by atoms with van der Waals surface area (Å²) >= 11 is 0. The molecular formula is C20H21N3O7S. The van der Waals surface area contributed by atoms with E-state index < -0.39 is 21.8 Å². The first-order valence-corrected chi connectivity index (χ1v) is 11.3. The summed E-state index contributed by atoms with van der Waals surface area (Å²) in [5.74, 6) is -1.11. The summed E-state index contributed by atoms with van der Waals surface area (Å²) in [7, 11) is -3.24. The van der Waals surface area contributed by atoms with Crippen molar-refractivity contribution < 1.29 is 31.9 Å². The van der Waals surface area contributed by atoms with Crippen molar-refractivity contribution in [2.75, 3.05) is 18.6 Å². The number of furan rings is 1. The van der Waals surface area contributed by atoms with Crippen molar-refractivity contribution in [1.29, 1.82) is 0 Å². The minimum atomic E-state index is -3.24. The van der Waals surface area contributed by atoms with E-state index in [2.05, 4.69) is 9.97 Å². The molecular weight excluding hydrogens is 426 g/mol. The molecule has 2 heterocycles.